The molecule has 0 fully saturated rings. The van der Waals surface area contributed by atoms with E-state index in [1.54, 1.807) is 18.2 Å². The molecule has 0 aliphatic rings. The van der Waals surface area contributed by atoms with Crippen LogP contribution in [-0.2, 0) is 6.54 Å². The van der Waals surface area contributed by atoms with Gasteiger partial charge in [0.15, 0.2) is 0 Å². The van der Waals surface area contributed by atoms with E-state index in [0.29, 0.717) is 17.1 Å². The number of hydrogen-bond donors (Lipinski definition) is 2. The third-order valence-corrected chi connectivity index (χ3v) is 2.60. The fourth-order valence-electron chi connectivity index (χ4n) is 1.59. The number of benzene rings is 1. The SMILES string of the molecule is NCc1cccc(NC(=O)c2ccc([N+](=O)[O-])cc2)n1. The van der Waals surface area contributed by atoms with Crippen molar-refractivity contribution in [3.05, 3.63) is 63.8 Å². The fourth-order valence-corrected chi connectivity index (χ4v) is 1.59. The molecule has 3 N–H and O–H groups in total. The van der Waals surface area contributed by atoms with Gasteiger partial charge in [0.25, 0.3) is 11.6 Å². The van der Waals surface area contributed by atoms with Gasteiger partial charge in [0.05, 0.1) is 10.6 Å². The lowest BCUT2D eigenvalue weighted by atomic mass is 10.2. The number of carbonyl (C=O) groups excluding carboxylic acids is 1. The summed E-state index contributed by atoms with van der Waals surface area (Å²) in [5.41, 5.74) is 6.38. The number of nitrogens with one attached hydrogen (secondary N) is 1. The third-order valence-electron chi connectivity index (χ3n) is 2.60. The smallest absolute Gasteiger partial charge is 0.269 e. The maximum absolute atomic E-state index is 11.9. The van der Waals surface area contributed by atoms with E-state index in [4.69, 9.17) is 5.73 Å². The summed E-state index contributed by atoms with van der Waals surface area (Å²) in [6.07, 6.45) is 0. The first-order valence-electron chi connectivity index (χ1n) is 5.82. The molecule has 0 radical (unpaired) electrons. The number of pyridine rings is 1. The van der Waals surface area contributed by atoms with E-state index in [2.05, 4.69) is 10.3 Å². The van der Waals surface area contributed by atoms with Crippen molar-refractivity contribution >= 4 is 17.4 Å². The Labute approximate surface area is 114 Å². The number of hydrogen-bond acceptors (Lipinski definition) is 5. The molecule has 2 aromatic rings. The Hall–Kier alpha value is -2.80. The average Bonchev–Trinajstić information content (AvgIpc) is 2.47. The Balaban J connectivity index is 2.13. The Bertz CT molecular complexity index is 640. The standard InChI is InChI=1S/C13H12N4O3/c14-8-10-2-1-3-12(15-10)16-13(18)9-4-6-11(7-5-9)17(19)20/h1-7H,8,14H2,(H,15,16,18). The predicted octanol–water partition coefficient (Wildman–Crippen LogP) is 1.70. The highest BCUT2D eigenvalue weighted by molar-refractivity contribution is 6.03. The number of carbonyl (C=O) groups is 1. The van der Waals surface area contributed by atoms with Crippen molar-refractivity contribution in [2.45, 2.75) is 6.54 Å². The van der Waals surface area contributed by atoms with Gasteiger partial charge in [0, 0.05) is 24.2 Å². The molecule has 0 bridgehead atoms. The van der Waals surface area contributed by atoms with E-state index in [0.717, 1.165) is 0 Å². The lowest BCUT2D eigenvalue weighted by Crippen LogP contribution is -2.13. The summed E-state index contributed by atoms with van der Waals surface area (Å²) in [4.78, 5) is 26.1. The van der Waals surface area contributed by atoms with Crippen molar-refractivity contribution < 1.29 is 9.72 Å². The quantitative estimate of drug-likeness (QED) is 0.650. The fraction of sp³-hybridized carbons (Fsp3) is 0.0769. The number of nitro groups is 1. The van der Waals surface area contributed by atoms with Crippen molar-refractivity contribution in [3.8, 4) is 0 Å². The van der Waals surface area contributed by atoms with E-state index in [1.807, 2.05) is 0 Å². The van der Waals surface area contributed by atoms with Gasteiger partial charge in [-0.05, 0) is 24.3 Å². The molecule has 2 rings (SSSR count). The van der Waals surface area contributed by atoms with E-state index in [-0.39, 0.29) is 18.1 Å². The molecule has 7 nitrogen and oxygen atoms in total. The zero-order valence-electron chi connectivity index (χ0n) is 10.4. The van der Waals surface area contributed by atoms with Gasteiger partial charge in [-0.3, -0.25) is 14.9 Å². The first-order valence-corrected chi connectivity index (χ1v) is 5.82. The van der Waals surface area contributed by atoms with Crippen LogP contribution in [0, 0.1) is 10.1 Å². The molecular weight excluding hydrogens is 260 g/mol. The minimum absolute atomic E-state index is 0.0650. The van der Waals surface area contributed by atoms with Crippen molar-refractivity contribution in [3.63, 3.8) is 0 Å². The molecule has 0 atom stereocenters. The first-order chi connectivity index (χ1) is 9.60. The minimum Gasteiger partial charge on any atom is -0.325 e. The summed E-state index contributed by atoms with van der Waals surface area (Å²) in [5.74, 6) is -0.00197. The minimum atomic E-state index is -0.520. The number of anilines is 1. The second-order valence-corrected chi connectivity index (χ2v) is 3.98. The average molecular weight is 272 g/mol. The van der Waals surface area contributed by atoms with Gasteiger partial charge in [-0.1, -0.05) is 6.07 Å². The number of rotatable bonds is 4. The van der Waals surface area contributed by atoms with Crippen LogP contribution in [-0.4, -0.2) is 15.8 Å². The summed E-state index contributed by atoms with van der Waals surface area (Å²) in [6, 6.07) is 10.5. The maximum Gasteiger partial charge on any atom is 0.269 e. The second kappa shape index (κ2) is 5.89. The lowest BCUT2D eigenvalue weighted by Gasteiger charge is -2.05. The van der Waals surface area contributed by atoms with E-state index in [1.165, 1.54) is 24.3 Å². The van der Waals surface area contributed by atoms with Crippen LogP contribution in [0.25, 0.3) is 0 Å². The summed E-state index contributed by atoms with van der Waals surface area (Å²) in [5, 5.41) is 13.1. The van der Waals surface area contributed by atoms with E-state index < -0.39 is 4.92 Å². The molecule has 0 aliphatic carbocycles. The summed E-state index contributed by atoms with van der Waals surface area (Å²) in [7, 11) is 0. The Morgan fingerprint density at radius 3 is 2.55 bits per heavy atom. The van der Waals surface area contributed by atoms with Crippen LogP contribution in [0.4, 0.5) is 11.5 Å². The van der Waals surface area contributed by atoms with Crippen LogP contribution in [0.15, 0.2) is 42.5 Å². The highest BCUT2D eigenvalue weighted by Crippen LogP contribution is 2.13. The van der Waals surface area contributed by atoms with Gasteiger partial charge < -0.3 is 11.1 Å². The zero-order chi connectivity index (χ0) is 14.5. The second-order valence-electron chi connectivity index (χ2n) is 3.98. The van der Waals surface area contributed by atoms with Gasteiger partial charge in [-0.2, -0.15) is 0 Å². The van der Waals surface area contributed by atoms with Crippen molar-refractivity contribution in [1.29, 1.82) is 0 Å². The highest BCUT2D eigenvalue weighted by Gasteiger charge is 2.10. The van der Waals surface area contributed by atoms with Crippen molar-refractivity contribution in [1.82, 2.24) is 4.98 Å². The molecule has 1 amide bonds. The van der Waals surface area contributed by atoms with Crippen LogP contribution in [0.2, 0.25) is 0 Å². The van der Waals surface area contributed by atoms with Crippen molar-refractivity contribution in [2.24, 2.45) is 5.73 Å². The molecule has 7 heteroatoms. The van der Waals surface area contributed by atoms with Gasteiger partial charge in [0.1, 0.15) is 5.82 Å². The van der Waals surface area contributed by atoms with E-state index >= 15 is 0 Å². The number of non-ortho nitro benzene ring substituents is 1. The summed E-state index contributed by atoms with van der Waals surface area (Å²) >= 11 is 0. The number of nitrogens with zero attached hydrogens (tertiary/aromatic N) is 2. The van der Waals surface area contributed by atoms with E-state index in [9.17, 15) is 14.9 Å². The largest absolute Gasteiger partial charge is 0.325 e. The van der Waals surface area contributed by atoms with Crippen molar-refractivity contribution in [2.75, 3.05) is 5.32 Å². The van der Waals surface area contributed by atoms with Crippen LogP contribution >= 0.6 is 0 Å². The molecule has 20 heavy (non-hydrogen) atoms. The van der Waals surface area contributed by atoms with Gasteiger partial charge >= 0.3 is 0 Å². The molecule has 0 aliphatic heterocycles. The normalized spacial score (nSPS) is 10.1. The first kappa shape index (κ1) is 13.6. The molecule has 0 saturated carbocycles. The van der Waals surface area contributed by atoms with Gasteiger partial charge in [0.2, 0.25) is 0 Å². The van der Waals surface area contributed by atoms with Crippen LogP contribution in [0.1, 0.15) is 16.1 Å². The topological polar surface area (TPSA) is 111 Å². The predicted molar refractivity (Wildman–Crippen MR) is 73.2 cm³/mol. The number of aromatic nitrogens is 1. The highest BCUT2D eigenvalue weighted by atomic mass is 16.6. The molecular formula is C13H12N4O3. The Morgan fingerprint density at radius 1 is 1.25 bits per heavy atom. The van der Waals surface area contributed by atoms with Crippen LogP contribution < -0.4 is 11.1 Å². The zero-order valence-corrected chi connectivity index (χ0v) is 10.4. The monoisotopic (exact) mass is 272 g/mol. The van der Waals surface area contributed by atoms with Gasteiger partial charge in [-0.15, -0.1) is 0 Å². The molecule has 0 spiro atoms. The number of nitrogens with two attached hydrogens (primary N) is 1. The maximum atomic E-state index is 11.9. The van der Waals surface area contributed by atoms with Crippen LogP contribution in [0.5, 0.6) is 0 Å². The molecule has 1 heterocycles. The van der Waals surface area contributed by atoms with Crippen LogP contribution in [0.3, 0.4) is 0 Å². The Kier molecular flexibility index (Phi) is 4.02. The third kappa shape index (κ3) is 3.15. The number of nitro benzene ring substituents is 1. The number of amides is 1. The molecule has 0 unspecified atom stereocenters. The Morgan fingerprint density at radius 2 is 1.95 bits per heavy atom. The molecule has 1 aromatic carbocycles. The summed E-state index contributed by atoms with van der Waals surface area (Å²) < 4.78 is 0. The molecule has 1 aromatic heterocycles. The van der Waals surface area contributed by atoms with Gasteiger partial charge in [-0.25, -0.2) is 4.98 Å². The summed E-state index contributed by atoms with van der Waals surface area (Å²) in [6.45, 7) is 0.279. The molecule has 102 valence electrons. The lowest BCUT2D eigenvalue weighted by molar-refractivity contribution is -0.384. The molecule has 0 saturated heterocycles.